The molecular weight excluding hydrogens is 447 g/mol. The second-order valence-corrected chi connectivity index (χ2v) is 9.66. The number of rotatable bonds is 5. The molecule has 1 unspecified atom stereocenters. The summed E-state index contributed by atoms with van der Waals surface area (Å²) in [7, 11) is 0. The second-order valence-electron chi connectivity index (χ2n) is 9.66. The van der Waals surface area contributed by atoms with Gasteiger partial charge in [-0.3, -0.25) is 24.6 Å². The van der Waals surface area contributed by atoms with Crippen molar-refractivity contribution in [1.82, 2.24) is 15.1 Å². The van der Waals surface area contributed by atoms with Crippen LogP contribution in [0.4, 0.5) is 4.39 Å². The monoisotopic (exact) mass is 474 g/mol. The number of amides is 3. The average Bonchev–Trinajstić information content (AvgIpc) is 3.17. The van der Waals surface area contributed by atoms with Gasteiger partial charge in [-0.25, -0.2) is 4.39 Å². The smallest absolute Gasteiger partial charge is 0.255 e. The molecule has 2 fully saturated rings. The molecule has 3 heterocycles. The van der Waals surface area contributed by atoms with Crippen LogP contribution in [0.25, 0.3) is 0 Å². The first-order valence-electron chi connectivity index (χ1n) is 12.0. The molecule has 2 aromatic rings. The van der Waals surface area contributed by atoms with Crippen LogP contribution in [0, 0.1) is 11.3 Å². The van der Waals surface area contributed by atoms with E-state index < -0.39 is 17.6 Å². The first-order valence-corrected chi connectivity index (χ1v) is 12.0. The largest absolute Gasteiger partial charge is 0.322 e. The zero-order valence-electron chi connectivity index (χ0n) is 19.4. The van der Waals surface area contributed by atoms with Gasteiger partial charge >= 0.3 is 0 Å². The van der Waals surface area contributed by atoms with Crippen LogP contribution in [-0.2, 0) is 34.8 Å². The number of nitrogens with zero attached hydrogens (tertiary/aromatic N) is 3. The average molecular weight is 475 g/mol. The van der Waals surface area contributed by atoms with Gasteiger partial charge in [0.1, 0.15) is 11.7 Å². The van der Waals surface area contributed by atoms with Gasteiger partial charge in [0.15, 0.2) is 0 Å². The Balaban J connectivity index is 1.23. The van der Waals surface area contributed by atoms with E-state index in [1.807, 2.05) is 24.3 Å². The summed E-state index contributed by atoms with van der Waals surface area (Å²) in [6.45, 7) is 2.23. The summed E-state index contributed by atoms with van der Waals surface area (Å²) < 4.78 is 16.0. The number of carbonyl (C=O) groups is 3. The van der Waals surface area contributed by atoms with Gasteiger partial charge in [0.2, 0.25) is 11.8 Å². The number of nitriles is 1. The molecule has 0 spiro atoms. The third kappa shape index (κ3) is 4.56. The van der Waals surface area contributed by atoms with Crippen molar-refractivity contribution in [2.24, 2.45) is 0 Å². The fourth-order valence-electron chi connectivity index (χ4n) is 5.32. The van der Waals surface area contributed by atoms with E-state index in [9.17, 15) is 14.4 Å². The number of halogens is 1. The fraction of sp³-hybridized carbons (Fsp3) is 0.407. The lowest BCUT2D eigenvalue weighted by Crippen LogP contribution is -2.52. The number of benzene rings is 2. The number of piperidine rings is 2. The first-order chi connectivity index (χ1) is 16.9. The zero-order valence-corrected chi connectivity index (χ0v) is 19.4. The third-order valence-corrected chi connectivity index (χ3v) is 7.40. The van der Waals surface area contributed by atoms with Gasteiger partial charge in [-0.2, -0.15) is 5.26 Å². The van der Waals surface area contributed by atoms with Crippen molar-refractivity contribution in [1.29, 1.82) is 5.26 Å². The van der Waals surface area contributed by atoms with Crippen LogP contribution in [0.5, 0.6) is 0 Å². The fourth-order valence-corrected chi connectivity index (χ4v) is 5.32. The maximum Gasteiger partial charge on any atom is 0.255 e. The Bertz CT molecular complexity index is 1210. The molecule has 3 aliphatic rings. The summed E-state index contributed by atoms with van der Waals surface area (Å²) >= 11 is 0. The molecule has 2 aromatic carbocycles. The summed E-state index contributed by atoms with van der Waals surface area (Å²) in [6.07, 6.45) is 1.63. The summed E-state index contributed by atoms with van der Waals surface area (Å²) in [5, 5.41) is 11.1. The molecule has 1 atom stereocenters. The van der Waals surface area contributed by atoms with Crippen LogP contribution < -0.4 is 5.32 Å². The van der Waals surface area contributed by atoms with Crippen molar-refractivity contribution in [3.05, 3.63) is 70.3 Å². The molecule has 180 valence electrons. The Morgan fingerprint density at radius 3 is 2.46 bits per heavy atom. The molecule has 0 aromatic heterocycles. The van der Waals surface area contributed by atoms with Gasteiger partial charge in [0, 0.05) is 38.2 Å². The van der Waals surface area contributed by atoms with Gasteiger partial charge in [0.25, 0.3) is 5.91 Å². The van der Waals surface area contributed by atoms with E-state index >= 15 is 4.39 Å². The molecule has 1 N–H and O–H groups in total. The van der Waals surface area contributed by atoms with Crippen molar-refractivity contribution in [3.8, 4) is 6.07 Å². The standard InChI is InChI=1S/C27H27FN4O3/c28-27(10-13-31(14-11-27)16-19-3-1-18(2-4-19)9-12-29)21-5-6-22-20(15-21)17-32(26(22)35)23-7-8-24(33)30-25(23)34/h1-6,15,23H,7-11,13-14,16-17H2,(H,30,33,34). The van der Waals surface area contributed by atoms with E-state index in [0.717, 1.165) is 23.2 Å². The highest BCUT2D eigenvalue weighted by Crippen LogP contribution is 2.39. The van der Waals surface area contributed by atoms with E-state index in [1.54, 1.807) is 18.2 Å². The first kappa shape index (κ1) is 23.2. The van der Waals surface area contributed by atoms with Crippen LogP contribution >= 0.6 is 0 Å². The van der Waals surface area contributed by atoms with E-state index in [-0.39, 0.29) is 24.8 Å². The van der Waals surface area contributed by atoms with Crippen molar-refractivity contribution in [2.45, 2.75) is 56.9 Å². The molecule has 35 heavy (non-hydrogen) atoms. The summed E-state index contributed by atoms with van der Waals surface area (Å²) in [6, 6.07) is 14.6. The third-order valence-electron chi connectivity index (χ3n) is 7.40. The lowest BCUT2D eigenvalue weighted by atomic mass is 9.84. The highest BCUT2D eigenvalue weighted by atomic mass is 19.1. The normalized spacial score (nSPS) is 22.0. The number of carbonyl (C=O) groups excluding carboxylic acids is 3. The molecule has 0 radical (unpaired) electrons. The lowest BCUT2D eigenvalue weighted by Gasteiger charge is -2.37. The molecule has 0 aliphatic carbocycles. The van der Waals surface area contributed by atoms with Gasteiger partial charge < -0.3 is 4.90 Å². The predicted octanol–water partition coefficient (Wildman–Crippen LogP) is 2.97. The quantitative estimate of drug-likeness (QED) is 0.673. The molecular formula is C27H27FN4O3. The maximum absolute atomic E-state index is 16.0. The molecule has 0 bridgehead atoms. The van der Waals surface area contributed by atoms with Crippen LogP contribution in [0.2, 0.25) is 0 Å². The summed E-state index contributed by atoms with van der Waals surface area (Å²) in [5.41, 5.74) is 2.47. The Kier molecular flexibility index (Phi) is 6.12. The Labute approximate surface area is 203 Å². The van der Waals surface area contributed by atoms with Crippen LogP contribution in [-0.4, -0.2) is 46.7 Å². The Hall–Kier alpha value is -3.57. The number of nitrogens with one attached hydrogen (secondary N) is 1. The number of fused-ring (bicyclic) bond motifs is 1. The molecule has 5 rings (SSSR count). The number of alkyl halides is 1. The Morgan fingerprint density at radius 1 is 1.06 bits per heavy atom. The minimum absolute atomic E-state index is 0.204. The zero-order chi connectivity index (χ0) is 24.6. The topological polar surface area (TPSA) is 93.5 Å². The van der Waals surface area contributed by atoms with Crippen LogP contribution in [0.1, 0.15) is 58.3 Å². The van der Waals surface area contributed by atoms with Crippen LogP contribution in [0.3, 0.4) is 0 Å². The highest BCUT2D eigenvalue weighted by molar-refractivity contribution is 6.05. The minimum Gasteiger partial charge on any atom is -0.322 e. The molecule has 0 saturated carbocycles. The van der Waals surface area contributed by atoms with Gasteiger partial charge in [0.05, 0.1) is 12.5 Å². The molecule has 3 aliphatic heterocycles. The number of likely N-dealkylation sites (tertiary alicyclic amines) is 1. The van der Waals surface area contributed by atoms with Gasteiger partial charge in [-0.15, -0.1) is 0 Å². The summed E-state index contributed by atoms with van der Waals surface area (Å²) in [5.74, 6) is -1.01. The number of hydrogen-bond acceptors (Lipinski definition) is 5. The SMILES string of the molecule is N#CCc1ccc(CN2CCC(F)(c3ccc4c(c3)CN(C3CCC(=O)NC3=O)C4=O)CC2)cc1. The highest BCUT2D eigenvalue weighted by Gasteiger charge is 2.41. The van der Waals surface area contributed by atoms with E-state index in [1.165, 1.54) is 4.90 Å². The maximum atomic E-state index is 16.0. The molecule has 3 amide bonds. The number of hydrogen-bond donors (Lipinski definition) is 1. The van der Waals surface area contributed by atoms with Crippen molar-refractivity contribution < 1.29 is 18.8 Å². The van der Waals surface area contributed by atoms with E-state index in [2.05, 4.69) is 16.3 Å². The van der Waals surface area contributed by atoms with Gasteiger partial charge in [-0.05, 0) is 47.6 Å². The Morgan fingerprint density at radius 2 is 1.77 bits per heavy atom. The second kappa shape index (κ2) is 9.23. The van der Waals surface area contributed by atoms with Gasteiger partial charge in [-0.1, -0.05) is 36.4 Å². The molecule has 2 saturated heterocycles. The van der Waals surface area contributed by atoms with Crippen LogP contribution in [0.15, 0.2) is 42.5 Å². The molecule has 7 nitrogen and oxygen atoms in total. The number of imide groups is 1. The minimum atomic E-state index is -1.46. The van der Waals surface area contributed by atoms with E-state index in [0.29, 0.717) is 49.9 Å². The predicted molar refractivity (Wildman–Crippen MR) is 126 cm³/mol. The molecule has 8 heteroatoms. The van der Waals surface area contributed by atoms with E-state index in [4.69, 9.17) is 5.26 Å². The van der Waals surface area contributed by atoms with Crippen molar-refractivity contribution in [3.63, 3.8) is 0 Å². The lowest BCUT2D eigenvalue weighted by molar-refractivity contribution is -0.136. The summed E-state index contributed by atoms with van der Waals surface area (Å²) in [4.78, 5) is 40.4. The van der Waals surface area contributed by atoms with Crippen molar-refractivity contribution in [2.75, 3.05) is 13.1 Å². The van der Waals surface area contributed by atoms with Crippen molar-refractivity contribution >= 4 is 17.7 Å².